The second kappa shape index (κ2) is 8.52. The predicted molar refractivity (Wildman–Crippen MR) is 102 cm³/mol. The SMILES string of the molecule is CC(C)c1ccccc1NC(=O)CN(C)Cc1ccc(Cl)cc1Cl. The van der Waals surface area contributed by atoms with E-state index in [2.05, 4.69) is 19.2 Å². The Hall–Kier alpha value is -1.55. The molecule has 128 valence electrons. The van der Waals surface area contributed by atoms with Crippen molar-refractivity contribution in [2.24, 2.45) is 0 Å². The summed E-state index contributed by atoms with van der Waals surface area (Å²) in [6.07, 6.45) is 0. The molecule has 0 heterocycles. The Morgan fingerprint density at radius 3 is 2.54 bits per heavy atom. The molecule has 0 aromatic heterocycles. The maximum Gasteiger partial charge on any atom is 0.238 e. The number of hydrogen-bond acceptors (Lipinski definition) is 2. The average molecular weight is 365 g/mol. The average Bonchev–Trinajstić information content (AvgIpc) is 2.50. The van der Waals surface area contributed by atoms with Crippen LogP contribution < -0.4 is 5.32 Å². The number of hydrogen-bond donors (Lipinski definition) is 1. The van der Waals surface area contributed by atoms with Crippen LogP contribution in [0.15, 0.2) is 42.5 Å². The van der Waals surface area contributed by atoms with E-state index >= 15 is 0 Å². The number of carbonyl (C=O) groups excluding carboxylic acids is 1. The van der Waals surface area contributed by atoms with Crippen LogP contribution >= 0.6 is 23.2 Å². The maximum atomic E-state index is 12.3. The molecule has 0 saturated carbocycles. The number of nitrogens with one attached hydrogen (secondary N) is 1. The number of benzene rings is 2. The van der Waals surface area contributed by atoms with Gasteiger partial charge in [0.2, 0.25) is 5.91 Å². The van der Waals surface area contributed by atoms with Crippen molar-refractivity contribution in [3.05, 3.63) is 63.6 Å². The normalized spacial score (nSPS) is 11.1. The summed E-state index contributed by atoms with van der Waals surface area (Å²) in [6, 6.07) is 13.3. The molecule has 3 nitrogen and oxygen atoms in total. The lowest BCUT2D eigenvalue weighted by Crippen LogP contribution is -2.30. The summed E-state index contributed by atoms with van der Waals surface area (Å²) in [5.41, 5.74) is 2.95. The summed E-state index contributed by atoms with van der Waals surface area (Å²) in [4.78, 5) is 14.2. The summed E-state index contributed by atoms with van der Waals surface area (Å²) < 4.78 is 0. The van der Waals surface area contributed by atoms with E-state index in [1.165, 1.54) is 0 Å². The molecule has 1 amide bonds. The molecule has 2 aromatic rings. The van der Waals surface area contributed by atoms with E-state index in [1.807, 2.05) is 42.3 Å². The van der Waals surface area contributed by atoms with Crippen molar-refractivity contribution >= 4 is 34.8 Å². The molecule has 5 heteroatoms. The van der Waals surface area contributed by atoms with Gasteiger partial charge in [-0.15, -0.1) is 0 Å². The summed E-state index contributed by atoms with van der Waals surface area (Å²) in [5, 5.41) is 4.21. The van der Waals surface area contributed by atoms with Crippen LogP contribution in [0.4, 0.5) is 5.69 Å². The van der Waals surface area contributed by atoms with E-state index in [-0.39, 0.29) is 12.5 Å². The molecule has 1 N–H and O–H groups in total. The van der Waals surface area contributed by atoms with Crippen molar-refractivity contribution in [3.8, 4) is 0 Å². The van der Waals surface area contributed by atoms with Crippen molar-refractivity contribution < 1.29 is 4.79 Å². The molecule has 2 rings (SSSR count). The standard InChI is InChI=1S/C19H22Cl2N2O/c1-13(2)16-6-4-5-7-18(16)22-19(24)12-23(3)11-14-8-9-15(20)10-17(14)21/h4-10,13H,11-12H2,1-3H3,(H,22,24). The maximum absolute atomic E-state index is 12.3. The molecule has 0 saturated heterocycles. The fourth-order valence-electron chi connectivity index (χ4n) is 2.55. The Morgan fingerprint density at radius 2 is 1.88 bits per heavy atom. The van der Waals surface area contributed by atoms with E-state index in [0.717, 1.165) is 16.8 Å². The predicted octanol–water partition coefficient (Wildman–Crippen LogP) is 5.19. The Bertz CT molecular complexity index is 716. The van der Waals surface area contributed by atoms with Crippen molar-refractivity contribution in [2.45, 2.75) is 26.3 Å². The Labute approximate surface area is 153 Å². The minimum absolute atomic E-state index is 0.0457. The van der Waals surface area contributed by atoms with Crippen molar-refractivity contribution in [1.29, 1.82) is 0 Å². The minimum atomic E-state index is -0.0457. The van der Waals surface area contributed by atoms with Crippen molar-refractivity contribution in [2.75, 3.05) is 18.9 Å². The molecule has 0 aliphatic carbocycles. The highest BCUT2D eigenvalue weighted by Crippen LogP contribution is 2.24. The fraction of sp³-hybridized carbons (Fsp3) is 0.316. The van der Waals surface area contributed by atoms with Crippen LogP contribution in [0.2, 0.25) is 10.0 Å². The van der Waals surface area contributed by atoms with Gasteiger partial charge in [-0.3, -0.25) is 9.69 Å². The number of amides is 1. The molecule has 0 aliphatic rings. The van der Waals surface area contributed by atoms with E-state index in [9.17, 15) is 4.79 Å². The van der Waals surface area contributed by atoms with Gasteiger partial charge in [-0.1, -0.05) is 61.3 Å². The highest BCUT2D eigenvalue weighted by Gasteiger charge is 2.12. The van der Waals surface area contributed by atoms with Gasteiger partial charge in [0.25, 0.3) is 0 Å². The second-order valence-corrected chi connectivity index (χ2v) is 7.04. The van der Waals surface area contributed by atoms with Crippen LogP contribution in [-0.2, 0) is 11.3 Å². The van der Waals surface area contributed by atoms with Gasteiger partial charge in [0, 0.05) is 22.3 Å². The zero-order valence-electron chi connectivity index (χ0n) is 14.1. The summed E-state index contributed by atoms with van der Waals surface area (Å²) in [7, 11) is 1.89. The van der Waals surface area contributed by atoms with Gasteiger partial charge in [-0.2, -0.15) is 0 Å². The van der Waals surface area contributed by atoms with Gasteiger partial charge >= 0.3 is 0 Å². The molecule has 24 heavy (non-hydrogen) atoms. The van der Waals surface area contributed by atoms with Gasteiger partial charge in [0.15, 0.2) is 0 Å². The first-order valence-electron chi connectivity index (χ1n) is 7.88. The molecule has 0 spiro atoms. The molecule has 0 bridgehead atoms. The van der Waals surface area contributed by atoms with E-state index < -0.39 is 0 Å². The van der Waals surface area contributed by atoms with E-state index in [1.54, 1.807) is 12.1 Å². The van der Waals surface area contributed by atoms with E-state index in [4.69, 9.17) is 23.2 Å². The summed E-state index contributed by atoms with van der Waals surface area (Å²) >= 11 is 12.1. The van der Waals surface area contributed by atoms with Crippen LogP contribution in [0, 0.1) is 0 Å². The third-order valence-corrected chi connectivity index (χ3v) is 4.31. The Balaban J connectivity index is 1.97. The Kier molecular flexibility index (Phi) is 6.67. The third kappa shape index (κ3) is 5.23. The molecule has 0 radical (unpaired) electrons. The van der Waals surface area contributed by atoms with Crippen LogP contribution in [0.1, 0.15) is 30.9 Å². The number of carbonyl (C=O) groups is 1. The molecule has 0 aliphatic heterocycles. The molecule has 0 fully saturated rings. The molecular formula is C19H22Cl2N2O. The first kappa shape index (κ1) is 18.8. The topological polar surface area (TPSA) is 32.3 Å². The molecule has 0 unspecified atom stereocenters. The largest absolute Gasteiger partial charge is 0.325 e. The number of halogens is 2. The smallest absolute Gasteiger partial charge is 0.238 e. The Morgan fingerprint density at radius 1 is 1.17 bits per heavy atom. The lowest BCUT2D eigenvalue weighted by Gasteiger charge is -2.19. The van der Waals surface area contributed by atoms with Gasteiger partial charge in [-0.25, -0.2) is 0 Å². The van der Waals surface area contributed by atoms with Crippen LogP contribution in [0.25, 0.3) is 0 Å². The van der Waals surface area contributed by atoms with Gasteiger partial charge in [0.1, 0.15) is 0 Å². The first-order valence-corrected chi connectivity index (χ1v) is 8.63. The molecular weight excluding hydrogens is 343 g/mol. The first-order chi connectivity index (χ1) is 11.4. The van der Waals surface area contributed by atoms with Crippen molar-refractivity contribution in [3.63, 3.8) is 0 Å². The third-order valence-electron chi connectivity index (χ3n) is 3.73. The second-order valence-electron chi connectivity index (χ2n) is 6.20. The van der Waals surface area contributed by atoms with Gasteiger partial charge in [-0.05, 0) is 42.3 Å². The number of nitrogens with zero attached hydrogens (tertiary/aromatic N) is 1. The zero-order valence-corrected chi connectivity index (χ0v) is 15.7. The van der Waals surface area contributed by atoms with Crippen molar-refractivity contribution in [1.82, 2.24) is 4.90 Å². The minimum Gasteiger partial charge on any atom is -0.325 e. The fourth-order valence-corrected chi connectivity index (χ4v) is 3.01. The van der Waals surface area contributed by atoms with Gasteiger partial charge < -0.3 is 5.32 Å². The quantitative estimate of drug-likeness (QED) is 0.764. The number of anilines is 1. The summed E-state index contributed by atoms with van der Waals surface area (Å²) in [5.74, 6) is 0.308. The highest BCUT2D eigenvalue weighted by molar-refractivity contribution is 6.35. The highest BCUT2D eigenvalue weighted by atomic mass is 35.5. The van der Waals surface area contributed by atoms with Gasteiger partial charge in [0.05, 0.1) is 6.54 Å². The molecule has 0 atom stereocenters. The molecule has 2 aromatic carbocycles. The van der Waals surface area contributed by atoms with Crippen LogP contribution in [-0.4, -0.2) is 24.4 Å². The van der Waals surface area contributed by atoms with E-state index in [0.29, 0.717) is 22.5 Å². The lowest BCUT2D eigenvalue weighted by atomic mass is 10.0. The number of para-hydroxylation sites is 1. The summed E-state index contributed by atoms with van der Waals surface area (Å²) in [6.45, 7) is 5.08. The zero-order chi connectivity index (χ0) is 17.7. The van der Waals surface area contributed by atoms with Crippen LogP contribution in [0.3, 0.4) is 0 Å². The lowest BCUT2D eigenvalue weighted by molar-refractivity contribution is -0.117. The monoisotopic (exact) mass is 364 g/mol. The van der Waals surface area contributed by atoms with Crippen LogP contribution in [0.5, 0.6) is 0 Å². The number of likely N-dealkylation sites (N-methyl/N-ethyl adjacent to an activating group) is 1. The number of rotatable bonds is 6.